The summed E-state index contributed by atoms with van der Waals surface area (Å²) in [7, 11) is 0. The molecule has 8 heteroatoms. The number of aromatic amines is 1. The third-order valence-corrected chi connectivity index (χ3v) is 3.46. The van der Waals surface area contributed by atoms with Crippen LogP contribution in [0.3, 0.4) is 0 Å². The smallest absolute Gasteiger partial charge is 0.278 e. The van der Waals surface area contributed by atoms with Crippen LogP contribution in [-0.4, -0.2) is 24.7 Å². The van der Waals surface area contributed by atoms with Gasteiger partial charge in [0, 0.05) is 12.4 Å². The second-order valence-corrected chi connectivity index (χ2v) is 5.44. The van der Waals surface area contributed by atoms with Crippen LogP contribution in [0.2, 0.25) is 0 Å². The van der Waals surface area contributed by atoms with Crippen LogP contribution in [0.4, 0.5) is 4.39 Å². The van der Waals surface area contributed by atoms with E-state index in [4.69, 9.17) is 0 Å². The molecule has 0 radical (unpaired) electrons. The number of nitrogens with one attached hydrogen (secondary N) is 1. The Morgan fingerprint density at radius 2 is 2.21 bits per heavy atom. The van der Waals surface area contributed by atoms with E-state index in [2.05, 4.69) is 20.1 Å². The Morgan fingerprint density at radius 1 is 1.42 bits per heavy atom. The lowest BCUT2D eigenvalue weighted by molar-refractivity contribution is 0.207. The standard InChI is InChI=1S/C11H10FN5OS/c1-11(2,12)9-15-7(18)6-8(16-9)19-10(14-6)17-5-3-4-13-17/h3-5H,1-2H3,(H,15,16,18). The number of thiazole rings is 1. The topological polar surface area (TPSA) is 76.5 Å². The maximum Gasteiger partial charge on any atom is 0.278 e. The zero-order valence-corrected chi connectivity index (χ0v) is 11.0. The third-order valence-electron chi connectivity index (χ3n) is 2.52. The Balaban J connectivity index is 2.24. The van der Waals surface area contributed by atoms with Crippen molar-refractivity contribution in [2.45, 2.75) is 19.5 Å². The number of H-pyrrole nitrogens is 1. The molecule has 0 bridgehead atoms. The Kier molecular flexibility index (Phi) is 2.49. The summed E-state index contributed by atoms with van der Waals surface area (Å²) in [5, 5.41) is 4.55. The summed E-state index contributed by atoms with van der Waals surface area (Å²) in [6, 6.07) is 1.75. The van der Waals surface area contributed by atoms with Crippen LogP contribution in [0, 0.1) is 0 Å². The molecular weight excluding hydrogens is 269 g/mol. The van der Waals surface area contributed by atoms with E-state index >= 15 is 0 Å². The predicted octanol–water partition coefficient (Wildman–Crippen LogP) is 1.77. The highest BCUT2D eigenvalue weighted by molar-refractivity contribution is 7.20. The van der Waals surface area contributed by atoms with E-state index in [1.807, 2.05) is 0 Å². The first-order valence-corrected chi connectivity index (χ1v) is 6.37. The Morgan fingerprint density at radius 3 is 2.84 bits per heavy atom. The summed E-state index contributed by atoms with van der Waals surface area (Å²) < 4.78 is 15.4. The van der Waals surface area contributed by atoms with Gasteiger partial charge in [0.2, 0.25) is 5.13 Å². The number of nitrogens with zero attached hydrogens (tertiary/aromatic N) is 4. The Bertz CT molecular complexity index is 784. The molecule has 3 rings (SSSR count). The lowest BCUT2D eigenvalue weighted by Crippen LogP contribution is -2.20. The maximum atomic E-state index is 13.8. The minimum atomic E-state index is -1.71. The first kappa shape index (κ1) is 12.0. The molecule has 0 aliphatic carbocycles. The molecule has 0 atom stereocenters. The molecule has 0 aliphatic heterocycles. The van der Waals surface area contributed by atoms with Gasteiger partial charge in [-0.2, -0.15) is 5.10 Å². The molecule has 1 N–H and O–H groups in total. The van der Waals surface area contributed by atoms with Crippen LogP contribution >= 0.6 is 11.3 Å². The van der Waals surface area contributed by atoms with Crippen molar-refractivity contribution >= 4 is 21.7 Å². The van der Waals surface area contributed by atoms with Crippen molar-refractivity contribution < 1.29 is 4.39 Å². The maximum absolute atomic E-state index is 13.8. The van der Waals surface area contributed by atoms with Gasteiger partial charge in [-0.05, 0) is 19.9 Å². The Hall–Kier alpha value is -2.09. The molecule has 0 aliphatic rings. The van der Waals surface area contributed by atoms with E-state index < -0.39 is 11.2 Å². The van der Waals surface area contributed by atoms with Crippen LogP contribution in [0.1, 0.15) is 19.7 Å². The van der Waals surface area contributed by atoms with Gasteiger partial charge in [0.1, 0.15) is 5.82 Å². The van der Waals surface area contributed by atoms with Gasteiger partial charge in [0.25, 0.3) is 5.56 Å². The number of fused-ring (bicyclic) bond motifs is 1. The molecule has 98 valence electrons. The number of rotatable bonds is 2. The number of halogens is 1. The van der Waals surface area contributed by atoms with Gasteiger partial charge < -0.3 is 4.98 Å². The van der Waals surface area contributed by atoms with Gasteiger partial charge in [0.15, 0.2) is 16.0 Å². The fraction of sp³-hybridized carbons (Fsp3) is 0.273. The Labute approximate surface area is 110 Å². The average Bonchev–Trinajstić information content (AvgIpc) is 2.95. The highest BCUT2D eigenvalue weighted by atomic mass is 32.1. The monoisotopic (exact) mass is 279 g/mol. The van der Waals surface area contributed by atoms with E-state index in [0.29, 0.717) is 9.96 Å². The zero-order chi connectivity index (χ0) is 13.6. The van der Waals surface area contributed by atoms with Gasteiger partial charge in [-0.1, -0.05) is 11.3 Å². The van der Waals surface area contributed by atoms with Crippen LogP contribution in [0.25, 0.3) is 15.5 Å². The minimum absolute atomic E-state index is 0.000616. The van der Waals surface area contributed by atoms with Crippen molar-refractivity contribution in [3.8, 4) is 5.13 Å². The number of hydrogen-bond donors (Lipinski definition) is 1. The fourth-order valence-corrected chi connectivity index (χ4v) is 2.47. The van der Waals surface area contributed by atoms with Crippen molar-refractivity contribution in [1.82, 2.24) is 24.7 Å². The lowest BCUT2D eigenvalue weighted by atomic mass is 10.1. The highest BCUT2D eigenvalue weighted by Gasteiger charge is 2.24. The molecule has 0 amide bonds. The second kappa shape index (κ2) is 3.95. The second-order valence-electron chi connectivity index (χ2n) is 4.49. The molecule has 19 heavy (non-hydrogen) atoms. The average molecular weight is 279 g/mol. The summed E-state index contributed by atoms with van der Waals surface area (Å²) in [5.41, 5.74) is -1.95. The largest absolute Gasteiger partial charge is 0.306 e. The summed E-state index contributed by atoms with van der Waals surface area (Å²) >= 11 is 1.19. The van der Waals surface area contributed by atoms with Crippen molar-refractivity contribution in [2.24, 2.45) is 0 Å². The van der Waals surface area contributed by atoms with Crippen molar-refractivity contribution in [2.75, 3.05) is 0 Å². The molecule has 0 saturated carbocycles. The van der Waals surface area contributed by atoms with Crippen molar-refractivity contribution in [3.63, 3.8) is 0 Å². The third kappa shape index (κ3) is 2.03. The molecule has 0 aromatic carbocycles. The van der Waals surface area contributed by atoms with Crippen LogP contribution in [0.15, 0.2) is 23.3 Å². The van der Waals surface area contributed by atoms with Crippen LogP contribution in [-0.2, 0) is 5.67 Å². The van der Waals surface area contributed by atoms with E-state index in [1.165, 1.54) is 29.9 Å². The molecule has 0 saturated heterocycles. The SMILES string of the molecule is CC(C)(F)c1nc2sc(-n3cccn3)nc2c(=O)[nH]1. The van der Waals surface area contributed by atoms with Crippen molar-refractivity contribution in [1.29, 1.82) is 0 Å². The molecule has 3 aromatic heterocycles. The summed E-state index contributed by atoms with van der Waals surface area (Å²) in [6.45, 7) is 2.68. The normalized spacial score (nSPS) is 12.2. The van der Waals surface area contributed by atoms with Gasteiger partial charge >= 0.3 is 0 Å². The zero-order valence-electron chi connectivity index (χ0n) is 10.2. The summed E-state index contributed by atoms with van der Waals surface area (Å²) in [5.74, 6) is 0.000616. The van der Waals surface area contributed by atoms with E-state index in [1.54, 1.807) is 18.5 Å². The summed E-state index contributed by atoms with van der Waals surface area (Å²) in [6.07, 6.45) is 3.33. The summed E-state index contributed by atoms with van der Waals surface area (Å²) in [4.78, 5) is 23.0. The minimum Gasteiger partial charge on any atom is -0.306 e. The van der Waals surface area contributed by atoms with Gasteiger partial charge in [-0.25, -0.2) is 19.0 Å². The van der Waals surface area contributed by atoms with Crippen LogP contribution in [0.5, 0.6) is 0 Å². The number of aromatic nitrogens is 5. The van der Waals surface area contributed by atoms with Gasteiger partial charge in [0.05, 0.1) is 0 Å². The highest BCUT2D eigenvalue weighted by Crippen LogP contribution is 2.24. The molecule has 0 fully saturated rings. The van der Waals surface area contributed by atoms with Gasteiger partial charge in [-0.15, -0.1) is 0 Å². The first-order chi connectivity index (χ1) is 8.95. The molecule has 0 spiro atoms. The quantitative estimate of drug-likeness (QED) is 0.775. The van der Waals surface area contributed by atoms with E-state index in [0.717, 1.165) is 0 Å². The fourth-order valence-electron chi connectivity index (χ4n) is 1.58. The van der Waals surface area contributed by atoms with E-state index in [9.17, 15) is 9.18 Å². The van der Waals surface area contributed by atoms with E-state index in [-0.39, 0.29) is 11.3 Å². The molecule has 3 heterocycles. The van der Waals surface area contributed by atoms with Crippen LogP contribution < -0.4 is 5.56 Å². The van der Waals surface area contributed by atoms with Gasteiger partial charge in [-0.3, -0.25) is 4.79 Å². The number of hydrogen-bond acceptors (Lipinski definition) is 5. The number of alkyl halides is 1. The van der Waals surface area contributed by atoms with Crippen molar-refractivity contribution in [3.05, 3.63) is 34.6 Å². The molecular formula is C11H10FN5OS. The lowest BCUT2D eigenvalue weighted by Gasteiger charge is -2.11. The predicted molar refractivity (Wildman–Crippen MR) is 69.3 cm³/mol. The molecule has 6 nitrogen and oxygen atoms in total. The first-order valence-electron chi connectivity index (χ1n) is 5.55. The molecule has 0 unspecified atom stereocenters. The molecule has 3 aromatic rings.